The molecule has 1 aromatic heterocycles. The van der Waals surface area contributed by atoms with Gasteiger partial charge in [0, 0.05) is 13.8 Å². The molecule has 0 saturated carbocycles. The van der Waals surface area contributed by atoms with E-state index in [1.165, 1.54) is 13.8 Å². The second-order valence-corrected chi connectivity index (χ2v) is 5.76. The molecule has 0 spiro atoms. The van der Waals surface area contributed by atoms with Crippen LogP contribution in [0.5, 0.6) is 11.5 Å². The van der Waals surface area contributed by atoms with E-state index in [0.29, 0.717) is 16.5 Å². The molecule has 0 amide bonds. The molecule has 26 heavy (non-hydrogen) atoms. The van der Waals surface area contributed by atoms with Crippen molar-refractivity contribution in [1.82, 2.24) is 9.97 Å². The SMILES string of the molecule is CC(=O)Oc1cc(C)cc(OC(C)=O)c1-c1nc2ccccc2c(=O)[nH]1. The highest BCUT2D eigenvalue weighted by molar-refractivity contribution is 5.84. The number of nitrogens with one attached hydrogen (secondary N) is 1. The Bertz CT molecular complexity index is 1050. The summed E-state index contributed by atoms with van der Waals surface area (Å²) < 4.78 is 10.5. The number of aromatic nitrogens is 2. The van der Waals surface area contributed by atoms with Crippen LogP contribution in [-0.4, -0.2) is 21.9 Å². The van der Waals surface area contributed by atoms with Crippen LogP contribution in [0, 0.1) is 6.92 Å². The molecular weight excluding hydrogens is 336 g/mol. The number of H-pyrrole nitrogens is 1. The standard InChI is InChI=1S/C19H16N2O5/c1-10-8-15(25-11(2)22)17(16(9-10)26-12(3)23)18-20-14-7-5-4-6-13(14)19(24)21-18/h4-9H,1-3H3,(H,20,21,24). The smallest absolute Gasteiger partial charge is 0.308 e. The van der Waals surface area contributed by atoms with Gasteiger partial charge in [-0.05, 0) is 36.8 Å². The van der Waals surface area contributed by atoms with Gasteiger partial charge in [0.2, 0.25) is 0 Å². The predicted molar refractivity (Wildman–Crippen MR) is 95.2 cm³/mol. The molecule has 7 heteroatoms. The number of aromatic amines is 1. The van der Waals surface area contributed by atoms with Crippen molar-refractivity contribution < 1.29 is 19.1 Å². The molecule has 0 aliphatic heterocycles. The molecule has 0 saturated heterocycles. The number of carbonyl (C=O) groups excluding carboxylic acids is 2. The predicted octanol–water partition coefficient (Wildman–Crippen LogP) is 2.75. The van der Waals surface area contributed by atoms with Gasteiger partial charge in [0.25, 0.3) is 5.56 Å². The Morgan fingerprint density at radius 1 is 1.00 bits per heavy atom. The Balaban J connectivity index is 2.32. The van der Waals surface area contributed by atoms with E-state index < -0.39 is 11.9 Å². The zero-order valence-electron chi connectivity index (χ0n) is 14.5. The molecular formula is C19H16N2O5. The minimum atomic E-state index is -0.547. The van der Waals surface area contributed by atoms with Crippen LogP contribution in [0.4, 0.5) is 0 Å². The van der Waals surface area contributed by atoms with Crippen LogP contribution in [-0.2, 0) is 9.59 Å². The van der Waals surface area contributed by atoms with Crippen molar-refractivity contribution in [1.29, 1.82) is 0 Å². The summed E-state index contributed by atoms with van der Waals surface area (Å²) in [4.78, 5) is 42.5. The summed E-state index contributed by atoms with van der Waals surface area (Å²) in [6.07, 6.45) is 0. The van der Waals surface area contributed by atoms with Gasteiger partial charge < -0.3 is 14.5 Å². The van der Waals surface area contributed by atoms with E-state index in [4.69, 9.17) is 9.47 Å². The summed E-state index contributed by atoms with van der Waals surface area (Å²) in [5.74, 6) is -0.664. The lowest BCUT2D eigenvalue weighted by Gasteiger charge is -2.14. The highest BCUT2D eigenvalue weighted by Gasteiger charge is 2.20. The zero-order chi connectivity index (χ0) is 18.8. The van der Waals surface area contributed by atoms with Crippen molar-refractivity contribution in [2.24, 2.45) is 0 Å². The monoisotopic (exact) mass is 352 g/mol. The molecule has 0 unspecified atom stereocenters. The van der Waals surface area contributed by atoms with Gasteiger partial charge in [0.1, 0.15) is 22.9 Å². The first kappa shape index (κ1) is 17.3. The van der Waals surface area contributed by atoms with Crippen molar-refractivity contribution >= 4 is 22.8 Å². The van der Waals surface area contributed by atoms with Gasteiger partial charge in [-0.3, -0.25) is 14.4 Å². The van der Waals surface area contributed by atoms with Crippen LogP contribution in [0.1, 0.15) is 19.4 Å². The number of rotatable bonds is 3. The highest BCUT2D eigenvalue weighted by atomic mass is 16.5. The average molecular weight is 352 g/mol. The van der Waals surface area contributed by atoms with E-state index in [-0.39, 0.29) is 28.4 Å². The quantitative estimate of drug-likeness (QED) is 0.575. The summed E-state index contributed by atoms with van der Waals surface area (Å²) >= 11 is 0. The molecule has 1 heterocycles. The van der Waals surface area contributed by atoms with E-state index in [1.807, 2.05) is 0 Å². The van der Waals surface area contributed by atoms with Gasteiger partial charge in [-0.15, -0.1) is 0 Å². The van der Waals surface area contributed by atoms with Gasteiger partial charge in [-0.2, -0.15) is 0 Å². The molecule has 0 fully saturated rings. The molecule has 3 aromatic rings. The molecule has 0 radical (unpaired) electrons. The summed E-state index contributed by atoms with van der Waals surface area (Å²) in [5, 5.41) is 0.423. The minimum Gasteiger partial charge on any atom is -0.426 e. The molecule has 132 valence electrons. The fourth-order valence-corrected chi connectivity index (χ4v) is 2.63. The maximum absolute atomic E-state index is 12.4. The van der Waals surface area contributed by atoms with Crippen molar-refractivity contribution in [3.8, 4) is 22.9 Å². The molecule has 0 atom stereocenters. The van der Waals surface area contributed by atoms with Gasteiger partial charge in [-0.1, -0.05) is 12.1 Å². The number of ether oxygens (including phenoxy) is 2. The first-order chi connectivity index (χ1) is 12.3. The Kier molecular flexibility index (Phi) is 4.53. The van der Waals surface area contributed by atoms with Crippen molar-refractivity contribution in [2.75, 3.05) is 0 Å². The molecule has 7 nitrogen and oxygen atoms in total. The summed E-state index contributed by atoms with van der Waals surface area (Å²) in [5.41, 5.74) is 1.05. The van der Waals surface area contributed by atoms with Crippen LogP contribution >= 0.6 is 0 Å². The van der Waals surface area contributed by atoms with Gasteiger partial charge in [0.05, 0.1) is 10.9 Å². The molecule has 0 aliphatic carbocycles. The summed E-state index contributed by atoms with van der Waals surface area (Å²) in [6, 6.07) is 10.1. The first-order valence-corrected chi connectivity index (χ1v) is 7.86. The fourth-order valence-electron chi connectivity index (χ4n) is 2.63. The van der Waals surface area contributed by atoms with Gasteiger partial charge in [-0.25, -0.2) is 4.98 Å². The lowest BCUT2D eigenvalue weighted by atomic mass is 10.1. The summed E-state index contributed by atoms with van der Waals surface area (Å²) in [6.45, 7) is 4.28. The van der Waals surface area contributed by atoms with Gasteiger partial charge >= 0.3 is 11.9 Å². The number of nitrogens with zero attached hydrogens (tertiary/aromatic N) is 1. The Morgan fingerprint density at radius 3 is 2.15 bits per heavy atom. The average Bonchev–Trinajstić information content (AvgIpc) is 2.53. The van der Waals surface area contributed by atoms with E-state index in [9.17, 15) is 14.4 Å². The van der Waals surface area contributed by atoms with Crippen LogP contribution < -0.4 is 15.0 Å². The fraction of sp³-hybridized carbons (Fsp3) is 0.158. The van der Waals surface area contributed by atoms with Crippen LogP contribution in [0.2, 0.25) is 0 Å². The second kappa shape index (κ2) is 6.79. The Hall–Kier alpha value is -3.48. The summed E-state index contributed by atoms with van der Waals surface area (Å²) in [7, 11) is 0. The molecule has 1 N–H and O–H groups in total. The number of hydrogen-bond donors (Lipinski definition) is 1. The van der Waals surface area contributed by atoms with E-state index >= 15 is 0 Å². The number of carbonyl (C=O) groups is 2. The lowest BCUT2D eigenvalue weighted by molar-refractivity contribution is -0.132. The number of fused-ring (bicyclic) bond motifs is 1. The number of aryl methyl sites for hydroxylation is 1. The minimum absolute atomic E-state index is 0.140. The van der Waals surface area contributed by atoms with Crippen LogP contribution in [0.25, 0.3) is 22.3 Å². The van der Waals surface area contributed by atoms with Crippen LogP contribution in [0.3, 0.4) is 0 Å². The molecule has 0 aliphatic rings. The normalized spacial score (nSPS) is 10.6. The number of esters is 2. The van der Waals surface area contributed by atoms with Crippen molar-refractivity contribution in [3.63, 3.8) is 0 Å². The highest BCUT2D eigenvalue weighted by Crippen LogP contribution is 2.38. The largest absolute Gasteiger partial charge is 0.426 e. The number of para-hydroxylation sites is 1. The number of hydrogen-bond acceptors (Lipinski definition) is 6. The molecule has 2 aromatic carbocycles. The van der Waals surface area contributed by atoms with E-state index in [2.05, 4.69) is 9.97 Å². The first-order valence-electron chi connectivity index (χ1n) is 7.86. The number of benzene rings is 2. The van der Waals surface area contributed by atoms with Crippen molar-refractivity contribution in [3.05, 3.63) is 52.3 Å². The third-order valence-corrected chi connectivity index (χ3v) is 3.57. The maximum Gasteiger partial charge on any atom is 0.308 e. The topological polar surface area (TPSA) is 98.3 Å². The van der Waals surface area contributed by atoms with E-state index in [1.54, 1.807) is 43.3 Å². The lowest BCUT2D eigenvalue weighted by Crippen LogP contribution is -2.12. The zero-order valence-corrected chi connectivity index (χ0v) is 14.5. The maximum atomic E-state index is 12.4. The third kappa shape index (κ3) is 3.46. The Morgan fingerprint density at radius 2 is 1.58 bits per heavy atom. The molecule has 0 bridgehead atoms. The van der Waals surface area contributed by atoms with Crippen LogP contribution in [0.15, 0.2) is 41.2 Å². The van der Waals surface area contributed by atoms with Crippen molar-refractivity contribution in [2.45, 2.75) is 20.8 Å². The van der Waals surface area contributed by atoms with E-state index in [0.717, 1.165) is 0 Å². The third-order valence-electron chi connectivity index (χ3n) is 3.57. The molecule has 3 rings (SSSR count). The Labute approximate surface area is 148 Å². The second-order valence-electron chi connectivity index (χ2n) is 5.76. The van der Waals surface area contributed by atoms with Gasteiger partial charge in [0.15, 0.2) is 0 Å².